The summed E-state index contributed by atoms with van der Waals surface area (Å²) in [7, 11) is 0. The molecular weight excluding hydrogens is 384 g/mol. The van der Waals surface area contributed by atoms with Gasteiger partial charge in [0.2, 0.25) is 0 Å². The molecule has 7 rings (SSSR count). The number of nitrogens with zero attached hydrogens (tertiary/aromatic N) is 3. The van der Waals surface area contributed by atoms with E-state index in [-0.39, 0.29) is 11.9 Å². The molecule has 31 heavy (non-hydrogen) atoms. The summed E-state index contributed by atoms with van der Waals surface area (Å²) in [4.78, 5) is 19.8. The van der Waals surface area contributed by atoms with Crippen molar-refractivity contribution in [3.63, 3.8) is 0 Å². The molecule has 0 saturated carbocycles. The summed E-state index contributed by atoms with van der Waals surface area (Å²) in [6.07, 6.45) is 6.23. The van der Waals surface area contributed by atoms with Crippen LogP contribution >= 0.6 is 0 Å². The zero-order valence-corrected chi connectivity index (χ0v) is 17.7. The van der Waals surface area contributed by atoms with Gasteiger partial charge >= 0.3 is 0 Å². The number of fused-ring (bicyclic) bond motifs is 6. The molecule has 156 valence electrons. The van der Waals surface area contributed by atoms with Crippen molar-refractivity contribution in [3.05, 3.63) is 72.2 Å². The summed E-state index contributed by atoms with van der Waals surface area (Å²) in [5, 5.41) is 4.46. The summed E-state index contributed by atoms with van der Waals surface area (Å²) < 4.78 is 2.13. The van der Waals surface area contributed by atoms with E-state index in [1.165, 1.54) is 37.1 Å². The highest BCUT2D eigenvalue weighted by molar-refractivity contribution is 5.97. The second-order valence-electron chi connectivity index (χ2n) is 9.03. The maximum Gasteiger partial charge on any atom is 0.253 e. The van der Waals surface area contributed by atoms with Crippen LogP contribution in [0.3, 0.4) is 0 Å². The number of amides is 1. The number of pyridine rings is 2. The lowest BCUT2D eigenvalue weighted by atomic mass is 9.84. The molecule has 0 unspecified atom stereocenters. The van der Waals surface area contributed by atoms with E-state index in [0.29, 0.717) is 5.92 Å². The van der Waals surface area contributed by atoms with Crippen LogP contribution in [0.2, 0.25) is 0 Å². The van der Waals surface area contributed by atoms with Gasteiger partial charge < -0.3 is 14.6 Å². The number of piperidine rings is 3. The number of benzene rings is 1. The van der Waals surface area contributed by atoms with Gasteiger partial charge in [-0.25, -0.2) is 0 Å². The number of carbonyl (C=O) groups excluding carboxylic acids is 1. The predicted molar refractivity (Wildman–Crippen MR) is 123 cm³/mol. The van der Waals surface area contributed by atoms with E-state index in [1.807, 2.05) is 31.5 Å². The third kappa shape index (κ3) is 3.29. The second-order valence-corrected chi connectivity index (χ2v) is 9.03. The zero-order chi connectivity index (χ0) is 20.9. The van der Waals surface area contributed by atoms with Gasteiger partial charge in [0.25, 0.3) is 5.91 Å². The summed E-state index contributed by atoms with van der Waals surface area (Å²) in [6.45, 7) is 5.36. The predicted octanol–water partition coefficient (Wildman–Crippen LogP) is 4.29. The molecule has 3 fully saturated rings. The fourth-order valence-corrected chi connectivity index (χ4v) is 5.31. The molecule has 0 spiro atoms. The van der Waals surface area contributed by atoms with Crippen molar-refractivity contribution in [2.24, 2.45) is 5.92 Å². The third-order valence-electron chi connectivity index (χ3n) is 7.04. The zero-order valence-electron chi connectivity index (χ0n) is 17.7. The topological polar surface area (TPSA) is 49.6 Å². The molecule has 0 aliphatic carbocycles. The maximum absolute atomic E-state index is 13.0. The lowest BCUT2D eigenvalue weighted by Crippen LogP contribution is -2.57. The first-order chi connectivity index (χ1) is 15.1. The van der Waals surface area contributed by atoms with Gasteiger partial charge in [0.1, 0.15) is 0 Å². The van der Waals surface area contributed by atoms with Crippen molar-refractivity contribution in [1.29, 1.82) is 0 Å². The van der Waals surface area contributed by atoms with Crippen LogP contribution in [0.4, 0.5) is 0 Å². The molecule has 5 heteroatoms. The van der Waals surface area contributed by atoms with Gasteiger partial charge in [-0.05, 0) is 91.7 Å². The molecular formula is C26H26N4O. The van der Waals surface area contributed by atoms with Crippen molar-refractivity contribution < 1.29 is 4.79 Å². The third-order valence-corrected chi connectivity index (χ3v) is 7.04. The lowest BCUT2D eigenvalue weighted by molar-refractivity contribution is 0.0620. The highest BCUT2D eigenvalue weighted by atomic mass is 16.1. The molecule has 6 heterocycles. The van der Waals surface area contributed by atoms with E-state index in [4.69, 9.17) is 0 Å². The van der Waals surface area contributed by atoms with E-state index in [0.717, 1.165) is 34.2 Å². The molecule has 3 aromatic heterocycles. The molecule has 1 amide bonds. The van der Waals surface area contributed by atoms with E-state index in [9.17, 15) is 4.79 Å². The van der Waals surface area contributed by atoms with Crippen LogP contribution in [-0.2, 0) is 0 Å². The van der Waals surface area contributed by atoms with E-state index in [2.05, 4.69) is 56.0 Å². The Morgan fingerprint density at radius 1 is 1.03 bits per heavy atom. The van der Waals surface area contributed by atoms with Gasteiger partial charge in [-0.15, -0.1) is 0 Å². The fourth-order valence-electron chi connectivity index (χ4n) is 5.31. The molecule has 1 atom stereocenters. The van der Waals surface area contributed by atoms with E-state index in [1.54, 1.807) is 0 Å². The van der Waals surface area contributed by atoms with Gasteiger partial charge in [-0.1, -0.05) is 12.1 Å². The van der Waals surface area contributed by atoms with E-state index < -0.39 is 0 Å². The van der Waals surface area contributed by atoms with Crippen molar-refractivity contribution in [2.75, 3.05) is 19.6 Å². The average Bonchev–Trinajstić information content (AvgIpc) is 3.25. The van der Waals surface area contributed by atoms with E-state index >= 15 is 0 Å². The van der Waals surface area contributed by atoms with Crippen molar-refractivity contribution in [2.45, 2.75) is 25.8 Å². The highest BCUT2D eigenvalue weighted by Crippen LogP contribution is 2.29. The molecule has 3 saturated heterocycles. The Hall–Kier alpha value is -3.18. The van der Waals surface area contributed by atoms with Gasteiger partial charge in [-0.2, -0.15) is 0 Å². The van der Waals surface area contributed by atoms with Crippen LogP contribution in [0.25, 0.3) is 27.5 Å². The van der Waals surface area contributed by atoms with Crippen LogP contribution in [0.5, 0.6) is 0 Å². The largest absolute Gasteiger partial charge is 0.348 e. The van der Waals surface area contributed by atoms with Gasteiger partial charge in [0.15, 0.2) is 0 Å². The Morgan fingerprint density at radius 3 is 2.65 bits per heavy atom. The summed E-state index contributed by atoms with van der Waals surface area (Å²) in [5.41, 5.74) is 6.23. The normalized spacial score (nSPS) is 22.8. The monoisotopic (exact) mass is 410 g/mol. The lowest BCUT2D eigenvalue weighted by Gasteiger charge is -2.44. The number of nitrogens with one attached hydrogen (secondary N) is 1. The van der Waals surface area contributed by atoms with Crippen LogP contribution in [0.15, 0.2) is 60.9 Å². The summed E-state index contributed by atoms with van der Waals surface area (Å²) in [6, 6.07) is 17.1. The van der Waals surface area contributed by atoms with Crippen LogP contribution in [0.1, 0.15) is 28.9 Å². The number of hydrogen-bond acceptors (Lipinski definition) is 3. The molecule has 3 aliphatic heterocycles. The number of hydrogen-bond donors (Lipinski definition) is 1. The number of aromatic nitrogens is 2. The van der Waals surface area contributed by atoms with Crippen LogP contribution in [0, 0.1) is 12.8 Å². The first-order valence-corrected chi connectivity index (χ1v) is 11.2. The molecule has 1 aromatic carbocycles. The standard InChI is InChI=1S/C26H26N4O/c1-17-12-20(6-9-27-17)19-3-5-25-21(13-19)2-4-23-14-22(15-30(23)25)26(31)28-24-16-29-10-7-18(24)8-11-29/h2-6,9,12-15,18,24H,7-8,10-11,16H2,1H3,(H,28,31)/t24-/m0/s1. The van der Waals surface area contributed by atoms with Crippen molar-refractivity contribution in [3.8, 4) is 11.1 Å². The first-order valence-electron chi connectivity index (χ1n) is 11.2. The van der Waals surface area contributed by atoms with Crippen LogP contribution in [-0.4, -0.2) is 45.9 Å². The molecule has 2 bridgehead atoms. The van der Waals surface area contributed by atoms with Gasteiger partial charge in [-0.3, -0.25) is 9.78 Å². The number of carbonyl (C=O) groups is 1. The molecule has 1 N–H and O–H groups in total. The number of aryl methyl sites for hydroxylation is 1. The van der Waals surface area contributed by atoms with Gasteiger partial charge in [0.05, 0.1) is 11.1 Å². The minimum Gasteiger partial charge on any atom is -0.348 e. The smallest absolute Gasteiger partial charge is 0.253 e. The molecule has 3 aliphatic rings. The van der Waals surface area contributed by atoms with Crippen LogP contribution < -0.4 is 5.32 Å². The Balaban J connectivity index is 1.32. The number of rotatable bonds is 3. The quantitative estimate of drug-likeness (QED) is 0.548. The molecule has 4 aromatic rings. The Bertz CT molecular complexity index is 1300. The Labute approximate surface area is 181 Å². The van der Waals surface area contributed by atoms with Crippen molar-refractivity contribution >= 4 is 22.3 Å². The second kappa shape index (κ2) is 7.20. The Morgan fingerprint density at radius 2 is 1.87 bits per heavy atom. The SMILES string of the molecule is Cc1cc(-c2ccc3c(ccc4cc(C(=O)N[C@H]5CN6CCC5CC6)cn43)c2)ccn1. The highest BCUT2D eigenvalue weighted by Gasteiger charge is 2.35. The molecule has 5 nitrogen and oxygen atoms in total. The van der Waals surface area contributed by atoms with Gasteiger partial charge in [0, 0.05) is 36.2 Å². The minimum atomic E-state index is 0.0412. The van der Waals surface area contributed by atoms with Crippen molar-refractivity contribution in [1.82, 2.24) is 19.6 Å². The fraction of sp³-hybridized carbons (Fsp3) is 0.308. The maximum atomic E-state index is 13.0. The average molecular weight is 411 g/mol. The summed E-state index contributed by atoms with van der Waals surface area (Å²) in [5.74, 6) is 0.668. The summed E-state index contributed by atoms with van der Waals surface area (Å²) >= 11 is 0. The minimum absolute atomic E-state index is 0.0412. The Kier molecular flexibility index (Phi) is 4.32. The molecule has 0 radical (unpaired) electrons. The first kappa shape index (κ1) is 18.6.